The minimum absolute atomic E-state index is 0.0445. The summed E-state index contributed by atoms with van der Waals surface area (Å²) < 4.78 is 6.74. The number of carbonyl (C=O) groups is 1. The van der Waals surface area contributed by atoms with Crippen molar-refractivity contribution < 1.29 is 9.53 Å². The van der Waals surface area contributed by atoms with Gasteiger partial charge in [-0.15, -0.1) is 11.3 Å². The van der Waals surface area contributed by atoms with Crippen LogP contribution in [0.3, 0.4) is 0 Å². The molecule has 0 fully saturated rings. The van der Waals surface area contributed by atoms with Gasteiger partial charge in [-0.25, -0.2) is 4.98 Å². The van der Waals surface area contributed by atoms with Crippen molar-refractivity contribution in [3.05, 3.63) is 50.6 Å². The number of aromatic nitrogens is 2. The maximum Gasteiger partial charge on any atom is 0.316 e. The molecule has 170 valence electrons. The van der Waals surface area contributed by atoms with Crippen LogP contribution in [0.4, 0.5) is 0 Å². The number of ether oxygens (including phenoxy) is 1. The molecule has 0 aliphatic heterocycles. The summed E-state index contributed by atoms with van der Waals surface area (Å²) in [5.74, 6) is 0.412. The van der Waals surface area contributed by atoms with Crippen LogP contribution in [0, 0.1) is 18.3 Å². The Labute approximate surface area is 197 Å². The minimum atomic E-state index is -0.305. The van der Waals surface area contributed by atoms with Gasteiger partial charge >= 0.3 is 5.97 Å². The Bertz CT molecular complexity index is 1200. The monoisotopic (exact) mass is 470 g/mol. The maximum atomic E-state index is 13.8. The highest BCUT2D eigenvalue weighted by molar-refractivity contribution is 7.99. The molecule has 2 heterocycles. The second-order valence-electron chi connectivity index (χ2n) is 9.45. The third-order valence-electron chi connectivity index (χ3n) is 6.19. The van der Waals surface area contributed by atoms with Crippen LogP contribution in [0.5, 0.6) is 0 Å². The van der Waals surface area contributed by atoms with E-state index in [9.17, 15) is 9.59 Å². The van der Waals surface area contributed by atoms with Crippen LogP contribution in [-0.4, -0.2) is 27.9 Å². The summed E-state index contributed by atoms with van der Waals surface area (Å²) in [5, 5.41) is 1.28. The number of rotatable bonds is 5. The summed E-state index contributed by atoms with van der Waals surface area (Å²) >= 11 is 2.90. The van der Waals surface area contributed by atoms with Crippen molar-refractivity contribution in [1.82, 2.24) is 9.55 Å². The second kappa shape index (κ2) is 9.02. The first-order valence-corrected chi connectivity index (χ1v) is 12.9. The van der Waals surface area contributed by atoms with Gasteiger partial charge in [0.2, 0.25) is 0 Å². The second-order valence-corrected chi connectivity index (χ2v) is 11.5. The predicted octanol–water partition coefficient (Wildman–Crippen LogP) is 5.56. The number of hydrogen-bond donors (Lipinski definition) is 0. The molecule has 4 rings (SSSR count). The highest BCUT2D eigenvalue weighted by atomic mass is 32.2. The molecule has 7 heteroatoms. The van der Waals surface area contributed by atoms with E-state index in [1.807, 2.05) is 31.2 Å². The fourth-order valence-corrected chi connectivity index (χ4v) is 6.44. The quantitative estimate of drug-likeness (QED) is 0.277. The van der Waals surface area contributed by atoms with Gasteiger partial charge in [-0.05, 0) is 62.1 Å². The molecule has 0 N–H and O–H groups in total. The lowest BCUT2D eigenvalue weighted by molar-refractivity contribution is -0.139. The number of aryl methyl sites for hydroxylation is 2. The van der Waals surface area contributed by atoms with Crippen LogP contribution < -0.4 is 5.56 Å². The zero-order valence-corrected chi connectivity index (χ0v) is 21.0. The molecule has 0 radical (unpaired) electrons. The van der Waals surface area contributed by atoms with E-state index < -0.39 is 0 Å². The average molecular weight is 471 g/mol. The van der Waals surface area contributed by atoms with Gasteiger partial charge in [0, 0.05) is 4.88 Å². The van der Waals surface area contributed by atoms with Crippen molar-refractivity contribution in [3.63, 3.8) is 0 Å². The minimum Gasteiger partial charge on any atom is -0.465 e. The molecule has 0 spiro atoms. The molecule has 1 atom stereocenters. The van der Waals surface area contributed by atoms with Gasteiger partial charge in [-0.1, -0.05) is 50.2 Å². The lowest BCUT2D eigenvalue weighted by Crippen LogP contribution is -2.27. The Morgan fingerprint density at radius 1 is 1.28 bits per heavy atom. The summed E-state index contributed by atoms with van der Waals surface area (Å²) in [6.45, 7) is 11.0. The summed E-state index contributed by atoms with van der Waals surface area (Å²) in [6, 6.07) is 7.85. The molecule has 1 aliphatic carbocycles. The number of carbonyl (C=O) groups excluding carboxylic acids is 1. The fourth-order valence-electron chi connectivity index (χ4n) is 4.29. The van der Waals surface area contributed by atoms with Crippen LogP contribution >= 0.6 is 23.1 Å². The van der Waals surface area contributed by atoms with Gasteiger partial charge in [0.15, 0.2) is 5.16 Å². The van der Waals surface area contributed by atoms with E-state index in [-0.39, 0.29) is 22.7 Å². The van der Waals surface area contributed by atoms with Crippen molar-refractivity contribution in [1.29, 1.82) is 0 Å². The molecule has 0 saturated carbocycles. The summed E-state index contributed by atoms with van der Waals surface area (Å²) in [5.41, 5.74) is 3.26. The molecule has 1 aliphatic rings. The highest BCUT2D eigenvalue weighted by Crippen LogP contribution is 2.42. The number of esters is 1. The molecule has 32 heavy (non-hydrogen) atoms. The van der Waals surface area contributed by atoms with Crippen LogP contribution in [0.2, 0.25) is 0 Å². The van der Waals surface area contributed by atoms with Crippen molar-refractivity contribution >= 4 is 39.3 Å². The number of thioether (sulfide) groups is 1. The summed E-state index contributed by atoms with van der Waals surface area (Å²) in [7, 11) is 0. The van der Waals surface area contributed by atoms with Crippen LogP contribution in [0.1, 0.15) is 50.1 Å². The lowest BCUT2D eigenvalue weighted by Gasteiger charge is -2.33. The number of benzene rings is 1. The normalized spacial score (nSPS) is 16.2. The SMILES string of the molecule is CCOC(=O)CSc1nc2sc3c(c2c(=O)n1-c1ccc(C)cc1)CCC(C(C)(C)C)C3. The van der Waals surface area contributed by atoms with E-state index in [0.717, 1.165) is 40.7 Å². The maximum absolute atomic E-state index is 13.8. The number of fused-ring (bicyclic) bond motifs is 3. The van der Waals surface area contributed by atoms with Gasteiger partial charge < -0.3 is 4.74 Å². The molecule has 1 unspecified atom stereocenters. The molecule has 3 aromatic rings. The van der Waals surface area contributed by atoms with E-state index in [1.54, 1.807) is 22.8 Å². The topological polar surface area (TPSA) is 61.2 Å². The molecular weight excluding hydrogens is 440 g/mol. The van der Waals surface area contributed by atoms with Crippen molar-refractivity contribution in [3.8, 4) is 5.69 Å². The van der Waals surface area contributed by atoms with E-state index in [1.165, 1.54) is 22.2 Å². The molecule has 1 aromatic carbocycles. The number of nitrogens with zero attached hydrogens (tertiary/aromatic N) is 2. The van der Waals surface area contributed by atoms with Gasteiger partial charge in [-0.3, -0.25) is 14.2 Å². The van der Waals surface area contributed by atoms with E-state index in [4.69, 9.17) is 9.72 Å². The van der Waals surface area contributed by atoms with Crippen LogP contribution in [0.25, 0.3) is 15.9 Å². The first-order chi connectivity index (χ1) is 15.2. The number of hydrogen-bond acceptors (Lipinski definition) is 6. The molecule has 0 saturated heterocycles. The first-order valence-electron chi connectivity index (χ1n) is 11.1. The molecule has 5 nitrogen and oxygen atoms in total. The van der Waals surface area contributed by atoms with Crippen molar-refractivity contribution in [2.75, 3.05) is 12.4 Å². The molecule has 0 bridgehead atoms. The van der Waals surface area contributed by atoms with Crippen molar-refractivity contribution in [2.24, 2.45) is 11.3 Å². The van der Waals surface area contributed by atoms with Crippen LogP contribution in [-0.2, 0) is 22.4 Å². The smallest absolute Gasteiger partial charge is 0.316 e. The Kier molecular flexibility index (Phi) is 6.50. The average Bonchev–Trinajstić information content (AvgIpc) is 3.10. The number of thiophene rings is 1. The fraction of sp³-hybridized carbons (Fsp3) is 0.480. The Hall–Kier alpha value is -2.12. The van der Waals surface area contributed by atoms with E-state index in [2.05, 4.69) is 20.8 Å². The molecular formula is C25H30N2O3S2. The van der Waals surface area contributed by atoms with Crippen LogP contribution in [0.15, 0.2) is 34.2 Å². The Morgan fingerprint density at radius 3 is 2.66 bits per heavy atom. The largest absolute Gasteiger partial charge is 0.465 e. The molecule has 2 aromatic heterocycles. The predicted molar refractivity (Wildman–Crippen MR) is 132 cm³/mol. The van der Waals surface area contributed by atoms with Gasteiger partial charge in [0.25, 0.3) is 5.56 Å². The zero-order chi connectivity index (χ0) is 23.0. The molecule has 0 amide bonds. The van der Waals surface area contributed by atoms with Gasteiger partial charge in [0.05, 0.1) is 23.4 Å². The zero-order valence-electron chi connectivity index (χ0n) is 19.4. The summed E-state index contributed by atoms with van der Waals surface area (Å²) in [6.07, 6.45) is 3.00. The first kappa shape index (κ1) is 23.1. The highest BCUT2D eigenvalue weighted by Gasteiger charge is 2.32. The van der Waals surface area contributed by atoms with Crippen molar-refractivity contribution in [2.45, 2.75) is 59.0 Å². The van der Waals surface area contributed by atoms with Gasteiger partial charge in [0.1, 0.15) is 4.83 Å². The summed E-state index contributed by atoms with van der Waals surface area (Å²) in [4.78, 5) is 32.8. The lowest BCUT2D eigenvalue weighted by atomic mass is 9.72. The third kappa shape index (κ3) is 4.50. The van der Waals surface area contributed by atoms with E-state index >= 15 is 0 Å². The Morgan fingerprint density at radius 2 is 2.00 bits per heavy atom. The Balaban J connectivity index is 1.84. The third-order valence-corrected chi connectivity index (χ3v) is 8.25. The van der Waals surface area contributed by atoms with Gasteiger partial charge in [-0.2, -0.15) is 0 Å². The standard InChI is InChI=1S/C25H30N2O3S2/c1-6-30-20(28)14-31-24-26-22-21(23(29)27(24)17-10-7-15(2)8-11-17)18-12-9-16(25(3,4)5)13-19(18)32-22/h7-8,10-11,16H,6,9,12-14H2,1-5H3. The van der Waals surface area contributed by atoms with E-state index in [0.29, 0.717) is 17.7 Å².